The van der Waals surface area contributed by atoms with Gasteiger partial charge in [0.15, 0.2) is 0 Å². The number of benzene rings is 1. The molecular formula is C18H28O2. The quantitative estimate of drug-likeness (QED) is 0.657. The molecule has 0 heterocycles. The summed E-state index contributed by atoms with van der Waals surface area (Å²) >= 11 is 0. The number of hydrogen-bond donors (Lipinski definition) is 1. The molecule has 1 atom stereocenters. The number of aliphatic hydroxyl groups excluding tert-OH is 1. The van der Waals surface area contributed by atoms with Crippen LogP contribution in [0.15, 0.2) is 18.2 Å². The Bertz CT molecular complexity index is 400. The minimum atomic E-state index is -0.262. The van der Waals surface area contributed by atoms with Crippen LogP contribution in [-0.2, 0) is 6.42 Å². The van der Waals surface area contributed by atoms with Gasteiger partial charge in [0, 0.05) is 0 Å². The Kier molecular flexibility index (Phi) is 6.38. The highest BCUT2D eigenvalue weighted by Gasteiger charge is 2.20. The Labute approximate surface area is 123 Å². The van der Waals surface area contributed by atoms with E-state index in [9.17, 15) is 5.11 Å². The van der Waals surface area contributed by atoms with Crippen LogP contribution in [0.3, 0.4) is 0 Å². The van der Waals surface area contributed by atoms with Gasteiger partial charge in [-0.3, -0.25) is 0 Å². The van der Waals surface area contributed by atoms with Crippen molar-refractivity contribution in [2.24, 2.45) is 0 Å². The van der Waals surface area contributed by atoms with Gasteiger partial charge in [0.05, 0.1) is 12.7 Å². The van der Waals surface area contributed by atoms with Gasteiger partial charge in [-0.05, 0) is 42.5 Å². The molecule has 1 N–H and O–H groups in total. The third kappa shape index (κ3) is 4.52. The Morgan fingerprint density at radius 1 is 1.10 bits per heavy atom. The van der Waals surface area contributed by atoms with E-state index < -0.39 is 0 Å². The SMILES string of the molecule is CCCCCCCCCOc1ccc2c(c1)CC[C@@H]2O. The summed E-state index contributed by atoms with van der Waals surface area (Å²) < 4.78 is 5.81. The van der Waals surface area contributed by atoms with Gasteiger partial charge in [0.1, 0.15) is 5.75 Å². The van der Waals surface area contributed by atoms with Gasteiger partial charge in [-0.1, -0.05) is 51.5 Å². The van der Waals surface area contributed by atoms with Crippen molar-refractivity contribution in [1.29, 1.82) is 0 Å². The van der Waals surface area contributed by atoms with E-state index in [1.165, 1.54) is 44.1 Å². The molecule has 1 aliphatic rings. The molecule has 20 heavy (non-hydrogen) atoms. The molecule has 1 aliphatic carbocycles. The monoisotopic (exact) mass is 276 g/mol. The first-order chi connectivity index (χ1) is 9.81. The molecule has 0 unspecified atom stereocenters. The van der Waals surface area contributed by atoms with Gasteiger partial charge in [0.2, 0.25) is 0 Å². The molecule has 0 spiro atoms. The second-order valence-electron chi connectivity index (χ2n) is 5.88. The molecule has 1 aromatic carbocycles. The number of aliphatic hydroxyl groups is 1. The van der Waals surface area contributed by atoms with E-state index in [0.29, 0.717) is 0 Å². The van der Waals surface area contributed by atoms with E-state index in [1.807, 2.05) is 12.1 Å². The average Bonchev–Trinajstić information content (AvgIpc) is 2.83. The molecule has 0 saturated heterocycles. The van der Waals surface area contributed by atoms with Crippen molar-refractivity contribution in [2.75, 3.05) is 6.61 Å². The second kappa shape index (κ2) is 8.31. The lowest BCUT2D eigenvalue weighted by atomic mass is 10.1. The highest BCUT2D eigenvalue weighted by molar-refractivity contribution is 5.39. The van der Waals surface area contributed by atoms with Crippen LogP contribution in [0.25, 0.3) is 0 Å². The summed E-state index contributed by atoms with van der Waals surface area (Å²) in [6.07, 6.45) is 10.8. The predicted molar refractivity (Wildman–Crippen MR) is 83.2 cm³/mol. The zero-order chi connectivity index (χ0) is 14.2. The summed E-state index contributed by atoms with van der Waals surface area (Å²) in [6.45, 7) is 3.07. The standard InChI is InChI=1S/C18H28O2/c1-2-3-4-5-6-7-8-13-20-16-10-11-17-15(14-16)9-12-18(17)19/h10-11,14,18-19H,2-9,12-13H2,1H3/t18-/m0/s1. The second-order valence-corrected chi connectivity index (χ2v) is 5.88. The van der Waals surface area contributed by atoms with Gasteiger partial charge in [-0.2, -0.15) is 0 Å². The van der Waals surface area contributed by atoms with Crippen molar-refractivity contribution in [1.82, 2.24) is 0 Å². The Morgan fingerprint density at radius 2 is 1.85 bits per heavy atom. The Balaban J connectivity index is 1.60. The normalized spacial score (nSPS) is 17.2. The smallest absolute Gasteiger partial charge is 0.119 e. The van der Waals surface area contributed by atoms with Crippen molar-refractivity contribution in [3.8, 4) is 5.75 Å². The van der Waals surface area contributed by atoms with Gasteiger partial charge in [0.25, 0.3) is 0 Å². The van der Waals surface area contributed by atoms with E-state index in [-0.39, 0.29) is 6.10 Å². The Hall–Kier alpha value is -1.02. The fourth-order valence-corrected chi connectivity index (χ4v) is 2.91. The number of ether oxygens (including phenoxy) is 1. The van der Waals surface area contributed by atoms with Crippen LogP contribution in [0, 0.1) is 0 Å². The zero-order valence-electron chi connectivity index (χ0n) is 12.7. The van der Waals surface area contributed by atoms with Crippen LogP contribution in [0.1, 0.15) is 75.5 Å². The van der Waals surface area contributed by atoms with Crippen LogP contribution in [-0.4, -0.2) is 11.7 Å². The van der Waals surface area contributed by atoms with E-state index in [4.69, 9.17) is 4.74 Å². The summed E-state index contributed by atoms with van der Waals surface area (Å²) in [6, 6.07) is 6.12. The van der Waals surface area contributed by atoms with Crippen LogP contribution in [0.4, 0.5) is 0 Å². The van der Waals surface area contributed by atoms with Crippen LogP contribution in [0.2, 0.25) is 0 Å². The number of hydrogen-bond acceptors (Lipinski definition) is 2. The third-order valence-corrected chi connectivity index (χ3v) is 4.18. The summed E-state index contributed by atoms with van der Waals surface area (Å²) in [7, 11) is 0. The summed E-state index contributed by atoms with van der Waals surface area (Å²) in [5.74, 6) is 0.962. The molecule has 0 saturated carbocycles. The fraction of sp³-hybridized carbons (Fsp3) is 0.667. The van der Waals surface area contributed by atoms with Crippen molar-refractivity contribution in [3.63, 3.8) is 0 Å². The van der Waals surface area contributed by atoms with Gasteiger partial charge in [-0.15, -0.1) is 0 Å². The number of fused-ring (bicyclic) bond motifs is 1. The van der Waals surface area contributed by atoms with Gasteiger partial charge in [-0.25, -0.2) is 0 Å². The summed E-state index contributed by atoms with van der Waals surface area (Å²) in [5.41, 5.74) is 2.35. The molecule has 0 aliphatic heterocycles. The van der Waals surface area contributed by atoms with Crippen molar-refractivity contribution >= 4 is 0 Å². The van der Waals surface area contributed by atoms with Crippen LogP contribution >= 0.6 is 0 Å². The first-order valence-corrected chi connectivity index (χ1v) is 8.25. The number of unbranched alkanes of at least 4 members (excludes halogenated alkanes) is 6. The minimum Gasteiger partial charge on any atom is -0.494 e. The highest BCUT2D eigenvalue weighted by Crippen LogP contribution is 2.33. The lowest BCUT2D eigenvalue weighted by molar-refractivity contribution is 0.180. The number of aryl methyl sites for hydroxylation is 1. The molecule has 0 aromatic heterocycles. The lowest BCUT2D eigenvalue weighted by Crippen LogP contribution is -1.98. The maximum absolute atomic E-state index is 9.77. The topological polar surface area (TPSA) is 29.5 Å². The van der Waals surface area contributed by atoms with Gasteiger partial charge < -0.3 is 9.84 Å². The zero-order valence-corrected chi connectivity index (χ0v) is 12.7. The molecule has 2 nitrogen and oxygen atoms in total. The first kappa shape index (κ1) is 15.4. The van der Waals surface area contributed by atoms with Crippen LogP contribution in [0.5, 0.6) is 5.75 Å². The average molecular weight is 276 g/mol. The fourth-order valence-electron chi connectivity index (χ4n) is 2.91. The van der Waals surface area contributed by atoms with Crippen molar-refractivity contribution < 1.29 is 9.84 Å². The minimum absolute atomic E-state index is 0.262. The first-order valence-electron chi connectivity index (χ1n) is 8.25. The molecule has 0 bridgehead atoms. The highest BCUT2D eigenvalue weighted by atomic mass is 16.5. The molecule has 1 aromatic rings. The molecule has 0 radical (unpaired) electrons. The van der Waals surface area contributed by atoms with Crippen molar-refractivity contribution in [2.45, 2.75) is 70.8 Å². The largest absolute Gasteiger partial charge is 0.494 e. The van der Waals surface area contributed by atoms with Gasteiger partial charge >= 0.3 is 0 Å². The maximum Gasteiger partial charge on any atom is 0.119 e. The van der Waals surface area contributed by atoms with Crippen molar-refractivity contribution in [3.05, 3.63) is 29.3 Å². The number of rotatable bonds is 9. The molecule has 2 heteroatoms. The lowest BCUT2D eigenvalue weighted by Gasteiger charge is -2.09. The van der Waals surface area contributed by atoms with E-state index in [0.717, 1.165) is 37.2 Å². The predicted octanol–water partition coefficient (Wildman–Crippen LogP) is 4.80. The molecule has 0 fully saturated rings. The molecule has 2 rings (SSSR count). The molecule has 0 amide bonds. The molecular weight excluding hydrogens is 248 g/mol. The Morgan fingerprint density at radius 3 is 2.65 bits per heavy atom. The van der Waals surface area contributed by atoms with E-state index >= 15 is 0 Å². The summed E-state index contributed by atoms with van der Waals surface area (Å²) in [4.78, 5) is 0. The van der Waals surface area contributed by atoms with E-state index in [2.05, 4.69) is 13.0 Å². The van der Waals surface area contributed by atoms with E-state index in [1.54, 1.807) is 0 Å². The van der Waals surface area contributed by atoms with Crippen LogP contribution < -0.4 is 4.74 Å². The molecule has 112 valence electrons. The summed E-state index contributed by atoms with van der Waals surface area (Å²) in [5, 5.41) is 9.77. The third-order valence-electron chi connectivity index (χ3n) is 4.18. The maximum atomic E-state index is 9.77.